The lowest BCUT2D eigenvalue weighted by Crippen LogP contribution is -2.26. The third kappa shape index (κ3) is 4.88. The highest BCUT2D eigenvalue weighted by Crippen LogP contribution is 2.13. The molecule has 1 heterocycles. The van der Waals surface area contributed by atoms with Crippen LogP contribution >= 0.6 is 0 Å². The topological polar surface area (TPSA) is 58.1 Å². The van der Waals surface area contributed by atoms with Crippen LogP contribution in [0.1, 0.15) is 27.3 Å². The summed E-state index contributed by atoms with van der Waals surface area (Å²) in [5.74, 6) is -0.243. The van der Waals surface area contributed by atoms with Gasteiger partial charge in [0.1, 0.15) is 11.5 Å². The van der Waals surface area contributed by atoms with E-state index in [-0.39, 0.29) is 24.0 Å². The average molecular weight is 364 g/mol. The number of hydrogen-bond acceptors (Lipinski definition) is 4. The fraction of sp³-hybridized carbons (Fsp3) is 0.190. The van der Waals surface area contributed by atoms with Crippen LogP contribution in [-0.4, -0.2) is 22.9 Å². The third-order valence-corrected chi connectivity index (χ3v) is 4.08. The van der Waals surface area contributed by atoms with Crippen LogP contribution in [0.25, 0.3) is 0 Å². The maximum Gasteiger partial charge on any atom is 0.270 e. The zero-order valence-electron chi connectivity index (χ0n) is 15.3. The van der Waals surface area contributed by atoms with E-state index in [2.05, 4.69) is 15.3 Å². The van der Waals surface area contributed by atoms with Crippen LogP contribution in [0.15, 0.2) is 60.7 Å². The van der Waals surface area contributed by atoms with Crippen molar-refractivity contribution in [3.05, 3.63) is 89.0 Å². The lowest BCUT2D eigenvalue weighted by Gasteiger charge is -2.18. The largest absolute Gasteiger partial charge is 0.347 e. The van der Waals surface area contributed by atoms with Crippen LogP contribution in [-0.2, 0) is 13.1 Å². The minimum Gasteiger partial charge on any atom is -0.347 e. The number of halogens is 1. The van der Waals surface area contributed by atoms with Crippen molar-refractivity contribution in [3.8, 4) is 0 Å². The first-order chi connectivity index (χ1) is 13.0. The van der Waals surface area contributed by atoms with Crippen LogP contribution in [0.3, 0.4) is 0 Å². The van der Waals surface area contributed by atoms with E-state index in [9.17, 15) is 9.18 Å². The summed E-state index contributed by atoms with van der Waals surface area (Å²) in [5.41, 5.74) is 2.50. The van der Waals surface area contributed by atoms with E-state index in [1.54, 1.807) is 24.3 Å². The molecule has 0 aliphatic rings. The minimum absolute atomic E-state index is 0.101. The van der Waals surface area contributed by atoms with Crippen molar-refractivity contribution >= 4 is 11.9 Å². The van der Waals surface area contributed by atoms with Gasteiger partial charge in [-0.15, -0.1) is 0 Å². The SMILES string of the molecule is Cc1cc(C(=O)NCc2ccccc2F)nc(N(C)Cc2ccccc2)n1. The lowest BCUT2D eigenvalue weighted by atomic mass is 10.2. The van der Waals surface area contributed by atoms with Gasteiger partial charge in [-0.25, -0.2) is 14.4 Å². The van der Waals surface area contributed by atoms with Crippen molar-refractivity contribution in [2.45, 2.75) is 20.0 Å². The van der Waals surface area contributed by atoms with Crippen molar-refractivity contribution in [2.75, 3.05) is 11.9 Å². The first-order valence-corrected chi connectivity index (χ1v) is 8.65. The molecule has 0 unspecified atom stereocenters. The fourth-order valence-corrected chi connectivity index (χ4v) is 2.68. The van der Waals surface area contributed by atoms with Gasteiger partial charge in [-0.3, -0.25) is 4.79 Å². The van der Waals surface area contributed by atoms with Gasteiger partial charge in [-0.05, 0) is 24.6 Å². The molecule has 0 saturated carbocycles. The Morgan fingerprint density at radius 2 is 1.78 bits per heavy atom. The minimum atomic E-state index is -0.363. The maximum absolute atomic E-state index is 13.7. The van der Waals surface area contributed by atoms with Gasteiger partial charge < -0.3 is 10.2 Å². The molecular formula is C21H21FN4O. The molecule has 0 spiro atoms. The number of aryl methyl sites for hydroxylation is 1. The van der Waals surface area contributed by atoms with E-state index in [0.717, 1.165) is 5.56 Å². The van der Waals surface area contributed by atoms with E-state index in [4.69, 9.17) is 0 Å². The molecule has 0 bridgehead atoms. The predicted molar refractivity (Wildman–Crippen MR) is 103 cm³/mol. The van der Waals surface area contributed by atoms with E-state index in [1.807, 2.05) is 49.2 Å². The Balaban J connectivity index is 1.72. The Labute approximate surface area is 157 Å². The zero-order valence-corrected chi connectivity index (χ0v) is 15.3. The van der Waals surface area contributed by atoms with Gasteiger partial charge >= 0.3 is 0 Å². The highest BCUT2D eigenvalue weighted by Gasteiger charge is 2.14. The van der Waals surface area contributed by atoms with Crippen LogP contribution in [0.5, 0.6) is 0 Å². The number of carbonyl (C=O) groups is 1. The smallest absolute Gasteiger partial charge is 0.270 e. The molecule has 1 N–H and O–H groups in total. The highest BCUT2D eigenvalue weighted by atomic mass is 19.1. The summed E-state index contributed by atoms with van der Waals surface area (Å²) in [6, 6.07) is 17.9. The monoisotopic (exact) mass is 364 g/mol. The molecule has 0 radical (unpaired) electrons. The molecule has 6 heteroatoms. The summed E-state index contributed by atoms with van der Waals surface area (Å²) < 4.78 is 13.7. The van der Waals surface area contributed by atoms with Crippen molar-refractivity contribution in [2.24, 2.45) is 0 Å². The summed E-state index contributed by atoms with van der Waals surface area (Å²) in [7, 11) is 1.88. The summed E-state index contributed by atoms with van der Waals surface area (Å²) in [6.45, 7) is 2.54. The van der Waals surface area contributed by atoms with Crippen molar-refractivity contribution < 1.29 is 9.18 Å². The van der Waals surface area contributed by atoms with Gasteiger partial charge in [0.25, 0.3) is 5.91 Å². The first kappa shape index (κ1) is 18.5. The van der Waals surface area contributed by atoms with Crippen LogP contribution < -0.4 is 10.2 Å². The van der Waals surface area contributed by atoms with Gasteiger partial charge in [0.15, 0.2) is 0 Å². The second-order valence-corrected chi connectivity index (χ2v) is 6.31. The van der Waals surface area contributed by atoms with Gasteiger partial charge in [0.05, 0.1) is 0 Å². The van der Waals surface area contributed by atoms with Crippen molar-refractivity contribution in [1.82, 2.24) is 15.3 Å². The van der Waals surface area contributed by atoms with E-state index in [1.165, 1.54) is 6.07 Å². The molecule has 0 atom stereocenters. The molecule has 27 heavy (non-hydrogen) atoms. The van der Waals surface area contributed by atoms with Crippen LogP contribution in [0.2, 0.25) is 0 Å². The quantitative estimate of drug-likeness (QED) is 0.727. The molecule has 0 aliphatic heterocycles. The molecular weight excluding hydrogens is 343 g/mol. The van der Waals surface area contributed by atoms with Gasteiger partial charge in [0.2, 0.25) is 5.95 Å². The predicted octanol–water partition coefficient (Wildman–Crippen LogP) is 3.49. The summed E-state index contributed by atoms with van der Waals surface area (Å²) in [4.78, 5) is 23.2. The first-order valence-electron chi connectivity index (χ1n) is 8.65. The maximum atomic E-state index is 13.7. The van der Waals surface area contributed by atoms with Gasteiger partial charge in [-0.1, -0.05) is 48.5 Å². The lowest BCUT2D eigenvalue weighted by molar-refractivity contribution is 0.0945. The summed E-state index contributed by atoms with van der Waals surface area (Å²) in [5, 5.41) is 2.71. The summed E-state index contributed by atoms with van der Waals surface area (Å²) >= 11 is 0. The van der Waals surface area contributed by atoms with Crippen molar-refractivity contribution in [3.63, 3.8) is 0 Å². The molecule has 0 fully saturated rings. The van der Waals surface area contributed by atoms with E-state index >= 15 is 0 Å². The average Bonchev–Trinajstić information content (AvgIpc) is 2.67. The number of rotatable bonds is 6. The highest BCUT2D eigenvalue weighted by molar-refractivity contribution is 5.92. The summed E-state index contributed by atoms with van der Waals surface area (Å²) in [6.07, 6.45) is 0. The fourth-order valence-electron chi connectivity index (χ4n) is 2.68. The number of anilines is 1. The molecule has 3 aromatic rings. The Kier molecular flexibility index (Phi) is 5.76. The standard InChI is InChI=1S/C21H21FN4O/c1-15-12-19(20(27)23-13-17-10-6-7-11-18(17)22)25-21(24-15)26(2)14-16-8-4-3-5-9-16/h3-12H,13-14H2,1-2H3,(H,23,27). The van der Waals surface area contributed by atoms with E-state index in [0.29, 0.717) is 23.8 Å². The normalized spacial score (nSPS) is 10.5. The second-order valence-electron chi connectivity index (χ2n) is 6.31. The number of hydrogen-bond donors (Lipinski definition) is 1. The number of benzene rings is 2. The molecule has 1 amide bonds. The molecule has 3 rings (SSSR count). The van der Waals surface area contributed by atoms with Crippen molar-refractivity contribution in [1.29, 1.82) is 0 Å². The Hall–Kier alpha value is -3.28. The molecule has 138 valence electrons. The molecule has 1 aromatic heterocycles. The second kappa shape index (κ2) is 8.40. The number of nitrogens with zero attached hydrogens (tertiary/aromatic N) is 3. The molecule has 2 aromatic carbocycles. The number of carbonyl (C=O) groups excluding carboxylic acids is 1. The number of amides is 1. The van der Waals surface area contributed by atoms with Crippen LogP contribution in [0.4, 0.5) is 10.3 Å². The molecule has 0 saturated heterocycles. The van der Waals surface area contributed by atoms with Gasteiger partial charge in [0, 0.05) is 31.4 Å². The molecule has 5 nitrogen and oxygen atoms in total. The Morgan fingerprint density at radius 3 is 2.52 bits per heavy atom. The Morgan fingerprint density at radius 1 is 1.07 bits per heavy atom. The molecule has 0 aliphatic carbocycles. The van der Waals surface area contributed by atoms with Gasteiger partial charge in [-0.2, -0.15) is 0 Å². The third-order valence-electron chi connectivity index (χ3n) is 4.08. The Bertz CT molecular complexity index is 930. The number of aromatic nitrogens is 2. The van der Waals surface area contributed by atoms with Crippen LogP contribution in [0, 0.1) is 12.7 Å². The number of nitrogens with one attached hydrogen (secondary N) is 1. The van der Waals surface area contributed by atoms with E-state index < -0.39 is 0 Å². The zero-order chi connectivity index (χ0) is 19.2.